The van der Waals surface area contributed by atoms with Crippen LogP contribution in [0.25, 0.3) is 0 Å². The van der Waals surface area contributed by atoms with Gasteiger partial charge in [-0.15, -0.1) is 0 Å². The van der Waals surface area contributed by atoms with Crippen LogP contribution in [0.5, 0.6) is 5.75 Å². The maximum absolute atomic E-state index is 13.0. The first kappa shape index (κ1) is 20.1. The highest BCUT2D eigenvalue weighted by atomic mass is 19.1. The molecular weight excluding hydrogens is 357 g/mol. The van der Waals surface area contributed by atoms with Gasteiger partial charge in [0.15, 0.2) is 5.78 Å². The SMILES string of the molecule is COc1ccc([C@@H]2CCCCCN2C(=O)CCC(=O)c2ccc(F)cc2)cc1. The number of carbonyl (C=O) groups is 2. The molecule has 2 aromatic carbocycles. The average molecular weight is 383 g/mol. The molecule has 1 aliphatic heterocycles. The summed E-state index contributed by atoms with van der Waals surface area (Å²) in [7, 11) is 1.63. The number of carbonyl (C=O) groups excluding carboxylic acids is 2. The van der Waals surface area contributed by atoms with Crippen molar-refractivity contribution >= 4 is 11.7 Å². The number of ether oxygens (including phenoxy) is 1. The van der Waals surface area contributed by atoms with Gasteiger partial charge in [0.2, 0.25) is 5.91 Å². The third kappa shape index (κ3) is 4.97. The molecule has 28 heavy (non-hydrogen) atoms. The molecule has 1 amide bonds. The molecular formula is C23H26FNO3. The minimum Gasteiger partial charge on any atom is -0.497 e. The molecule has 1 heterocycles. The molecule has 1 saturated heterocycles. The van der Waals surface area contributed by atoms with E-state index in [2.05, 4.69) is 0 Å². The van der Waals surface area contributed by atoms with Crippen molar-refractivity contribution in [3.63, 3.8) is 0 Å². The van der Waals surface area contributed by atoms with Crippen molar-refractivity contribution in [3.05, 3.63) is 65.5 Å². The number of ketones is 1. The van der Waals surface area contributed by atoms with Gasteiger partial charge in [-0.25, -0.2) is 4.39 Å². The van der Waals surface area contributed by atoms with Crippen molar-refractivity contribution in [2.45, 2.75) is 44.6 Å². The standard InChI is InChI=1S/C23H26FNO3/c1-28-20-12-8-17(9-13-20)21-5-3-2-4-16-25(21)23(27)15-14-22(26)18-6-10-19(24)11-7-18/h6-13,21H,2-5,14-16H2,1H3/t21-/m0/s1. The number of rotatable bonds is 6. The molecule has 1 aliphatic rings. The van der Waals surface area contributed by atoms with E-state index in [4.69, 9.17) is 4.74 Å². The topological polar surface area (TPSA) is 46.6 Å². The first-order chi connectivity index (χ1) is 13.6. The molecule has 2 aromatic rings. The maximum Gasteiger partial charge on any atom is 0.223 e. The van der Waals surface area contributed by atoms with E-state index in [1.165, 1.54) is 24.3 Å². The minimum atomic E-state index is -0.375. The third-order valence-corrected chi connectivity index (χ3v) is 5.31. The van der Waals surface area contributed by atoms with Crippen molar-refractivity contribution in [1.29, 1.82) is 0 Å². The normalized spacial score (nSPS) is 17.1. The number of hydrogen-bond donors (Lipinski definition) is 0. The highest BCUT2D eigenvalue weighted by molar-refractivity contribution is 5.97. The van der Waals surface area contributed by atoms with E-state index in [9.17, 15) is 14.0 Å². The van der Waals surface area contributed by atoms with Crippen LogP contribution in [0.3, 0.4) is 0 Å². The molecule has 0 spiro atoms. The second kappa shape index (κ2) is 9.49. The Bertz CT molecular complexity index is 802. The number of amides is 1. The second-order valence-electron chi connectivity index (χ2n) is 7.16. The highest BCUT2D eigenvalue weighted by Gasteiger charge is 2.27. The van der Waals surface area contributed by atoms with Crippen molar-refractivity contribution in [3.8, 4) is 5.75 Å². The van der Waals surface area contributed by atoms with Crippen LogP contribution < -0.4 is 4.74 Å². The van der Waals surface area contributed by atoms with Crippen LogP contribution >= 0.6 is 0 Å². The molecule has 0 radical (unpaired) electrons. The van der Waals surface area contributed by atoms with E-state index < -0.39 is 0 Å². The molecule has 0 unspecified atom stereocenters. The number of benzene rings is 2. The Hall–Kier alpha value is -2.69. The van der Waals surface area contributed by atoms with Gasteiger partial charge in [-0.05, 0) is 54.8 Å². The fourth-order valence-corrected chi connectivity index (χ4v) is 3.72. The Morgan fingerprint density at radius 1 is 1.00 bits per heavy atom. The van der Waals surface area contributed by atoms with Crippen LogP contribution in [-0.4, -0.2) is 30.2 Å². The highest BCUT2D eigenvalue weighted by Crippen LogP contribution is 2.31. The minimum absolute atomic E-state index is 0.00169. The molecule has 0 N–H and O–H groups in total. The fourth-order valence-electron chi connectivity index (χ4n) is 3.72. The van der Waals surface area contributed by atoms with E-state index in [1.807, 2.05) is 29.2 Å². The summed E-state index contributed by atoms with van der Waals surface area (Å²) in [6.07, 6.45) is 4.38. The summed E-state index contributed by atoms with van der Waals surface area (Å²) in [6.45, 7) is 0.709. The number of halogens is 1. The van der Waals surface area contributed by atoms with Crippen LogP contribution in [-0.2, 0) is 4.79 Å². The molecule has 148 valence electrons. The van der Waals surface area contributed by atoms with Crippen molar-refractivity contribution in [1.82, 2.24) is 4.90 Å². The Kier molecular flexibility index (Phi) is 6.80. The zero-order chi connectivity index (χ0) is 19.9. The predicted molar refractivity (Wildman–Crippen MR) is 106 cm³/mol. The molecule has 0 saturated carbocycles. The van der Waals surface area contributed by atoms with E-state index in [1.54, 1.807) is 7.11 Å². The van der Waals surface area contributed by atoms with Crippen LogP contribution in [0.15, 0.2) is 48.5 Å². The van der Waals surface area contributed by atoms with Crippen LogP contribution in [0.2, 0.25) is 0 Å². The van der Waals surface area contributed by atoms with E-state index in [0.29, 0.717) is 12.1 Å². The summed E-state index contributed by atoms with van der Waals surface area (Å²) >= 11 is 0. The summed E-state index contributed by atoms with van der Waals surface area (Å²) in [5.74, 6) is 0.280. The predicted octanol–water partition coefficient (Wildman–Crippen LogP) is 4.94. The van der Waals surface area contributed by atoms with Crippen molar-refractivity contribution < 1.29 is 18.7 Å². The number of hydrogen-bond acceptors (Lipinski definition) is 3. The maximum atomic E-state index is 13.0. The Morgan fingerprint density at radius 2 is 1.71 bits per heavy atom. The summed E-state index contributed by atoms with van der Waals surface area (Å²) in [4.78, 5) is 27.2. The molecule has 1 fully saturated rings. The van der Waals surface area contributed by atoms with Gasteiger partial charge in [0.05, 0.1) is 13.2 Å². The van der Waals surface area contributed by atoms with E-state index in [-0.39, 0.29) is 36.4 Å². The van der Waals surface area contributed by atoms with Crippen molar-refractivity contribution in [2.24, 2.45) is 0 Å². The van der Waals surface area contributed by atoms with Gasteiger partial charge in [-0.3, -0.25) is 9.59 Å². The van der Waals surface area contributed by atoms with E-state index in [0.717, 1.165) is 37.0 Å². The summed E-state index contributed by atoms with van der Waals surface area (Å²) in [5.41, 5.74) is 1.54. The smallest absolute Gasteiger partial charge is 0.223 e. The van der Waals surface area contributed by atoms with Gasteiger partial charge in [-0.2, -0.15) is 0 Å². The number of Topliss-reactive ketones (excluding diaryl/α,β-unsaturated/α-hetero) is 1. The van der Waals surface area contributed by atoms with E-state index >= 15 is 0 Å². The van der Waals surface area contributed by atoms with Gasteiger partial charge in [-0.1, -0.05) is 25.0 Å². The monoisotopic (exact) mass is 383 g/mol. The Balaban J connectivity index is 1.67. The fraction of sp³-hybridized carbons (Fsp3) is 0.391. The van der Waals surface area contributed by atoms with Gasteiger partial charge < -0.3 is 9.64 Å². The molecule has 4 nitrogen and oxygen atoms in total. The molecule has 0 bridgehead atoms. The molecule has 1 atom stereocenters. The zero-order valence-electron chi connectivity index (χ0n) is 16.2. The lowest BCUT2D eigenvalue weighted by Gasteiger charge is -2.30. The van der Waals surface area contributed by atoms with Gasteiger partial charge in [0.1, 0.15) is 11.6 Å². The van der Waals surface area contributed by atoms with Gasteiger partial charge in [0.25, 0.3) is 0 Å². The Morgan fingerprint density at radius 3 is 2.39 bits per heavy atom. The van der Waals surface area contributed by atoms with Crippen LogP contribution in [0, 0.1) is 5.82 Å². The third-order valence-electron chi connectivity index (χ3n) is 5.31. The molecule has 5 heteroatoms. The number of likely N-dealkylation sites (tertiary alicyclic amines) is 1. The zero-order valence-corrected chi connectivity index (χ0v) is 16.2. The number of nitrogens with zero attached hydrogens (tertiary/aromatic N) is 1. The molecule has 0 aromatic heterocycles. The first-order valence-electron chi connectivity index (χ1n) is 9.80. The number of methoxy groups -OCH3 is 1. The Labute approximate surface area is 165 Å². The summed E-state index contributed by atoms with van der Waals surface area (Å²) in [5, 5.41) is 0. The lowest BCUT2D eigenvalue weighted by atomic mass is 9.99. The quantitative estimate of drug-likeness (QED) is 0.664. The lowest BCUT2D eigenvalue weighted by molar-refractivity contribution is -0.133. The average Bonchev–Trinajstić information content (AvgIpc) is 2.98. The molecule has 0 aliphatic carbocycles. The largest absolute Gasteiger partial charge is 0.497 e. The van der Waals surface area contributed by atoms with Gasteiger partial charge in [0, 0.05) is 24.9 Å². The lowest BCUT2D eigenvalue weighted by Crippen LogP contribution is -2.35. The second-order valence-corrected chi connectivity index (χ2v) is 7.16. The summed E-state index contributed by atoms with van der Waals surface area (Å²) < 4.78 is 18.2. The molecule has 3 rings (SSSR count). The van der Waals surface area contributed by atoms with Crippen molar-refractivity contribution in [2.75, 3.05) is 13.7 Å². The van der Waals surface area contributed by atoms with Crippen LogP contribution in [0.4, 0.5) is 4.39 Å². The first-order valence-corrected chi connectivity index (χ1v) is 9.80. The summed E-state index contributed by atoms with van der Waals surface area (Å²) in [6, 6.07) is 13.4. The van der Waals surface area contributed by atoms with Gasteiger partial charge >= 0.3 is 0 Å². The van der Waals surface area contributed by atoms with Crippen LogP contribution in [0.1, 0.15) is 60.5 Å².